The van der Waals surface area contributed by atoms with Crippen LogP contribution in [0.1, 0.15) is 32.3 Å². The summed E-state index contributed by atoms with van der Waals surface area (Å²) in [4.78, 5) is 26.3. The number of urea groups is 1. The Labute approximate surface area is 166 Å². The SMILES string of the molecule is CC(C)NC(=O)N1CCC[C@H](C(=O)Nc2ccc(OCC(F)(F)F)c(C#N)c2)C1. The zero-order valence-electron chi connectivity index (χ0n) is 16.2. The topological polar surface area (TPSA) is 94.5 Å². The van der Waals surface area contributed by atoms with E-state index in [1.165, 1.54) is 18.2 Å². The number of alkyl halides is 3. The summed E-state index contributed by atoms with van der Waals surface area (Å²) in [6.45, 7) is 3.01. The number of hydrogen-bond acceptors (Lipinski definition) is 4. The molecule has 158 valence electrons. The Morgan fingerprint density at radius 2 is 2.10 bits per heavy atom. The number of rotatable bonds is 5. The lowest BCUT2D eigenvalue weighted by Crippen LogP contribution is -2.49. The number of anilines is 1. The summed E-state index contributed by atoms with van der Waals surface area (Å²) >= 11 is 0. The third-order valence-corrected chi connectivity index (χ3v) is 4.25. The van der Waals surface area contributed by atoms with Crippen molar-refractivity contribution in [2.24, 2.45) is 5.92 Å². The Balaban J connectivity index is 2.01. The molecule has 0 aromatic heterocycles. The summed E-state index contributed by atoms with van der Waals surface area (Å²) < 4.78 is 41.5. The van der Waals surface area contributed by atoms with Crippen LogP contribution in [0.5, 0.6) is 5.75 Å². The molecule has 0 radical (unpaired) electrons. The number of piperidine rings is 1. The molecule has 1 saturated heterocycles. The van der Waals surface area contributed by atoms with Crippen LogP contribution in [-0.2, 0) is 4.79 Å². The summed E-state index contributed by atoms with van der Waals surface area (Å²) in [5.41, 5.74) is 0.156. The molecule has 7 nitrogen and oxygen atoms in total. The number of hydrogen-bond donors (Lipinski definition) is 2. The van der Waals surface area contributed by atoms with Gasteiger partial charge in [0.2, 0.25) is 5.91 Å². The summed E-state index contributed by atoms with van der Waals surface area (Å²) in [7, 11) is 0. The second-order valence-corrected chi connectivity index (χ2v) is 7.11. The van der Waals surface area contributed by atoms with Crippen LogP contribution in [0.3, 0.4) is 0 Å². The van der Waals surface area contributed by atoms with E-state index >= 15 is 0 Å². The maximum Gasteiger partial charge on any atom is 0.422 e. The molecule has 1 aliphatic heterocycles. The highest BCUT2D eigenvalue weighted by Crippen LogP contribution is 2.26. The fraction of sp³-hybridized carbons (Fsp3) is 0.526. The van der Waals surface area contributed by atoms with Gasteiger partial charge in [-0.25, -0.2) is 4.79 Å². The van der Waals surface area contributed by atoms with Crippen molar-refractivity contribution in [1.29, 1.82) is 5.26 Å². The van der Waals surface area contributed by atoms with Crippen LogP contribution in [0, 0.1) is 17.2 Å². The highest BCUT2D eigenvalue weighted by Gasteiger charge is 2.30. The number of amides is 3. The van der Waals surface area contributed by atoms with Gasteiger partial charge in [-0.1, -0.05) is 0 Å². The first-order chi connectivity index (χ1) is 13.6. The number of nitrogens with zero attached hydrogens (tertiary/aromatic N) is 2. The third kappa shape index (κ3) is 6.85. The number of likely N-dealkylation sites (tertiary alicyclic amines) is 1. The minimum absolute atomic E-state index is 0.0146. The molecule has 0 unspecified atom stereocenters. The van der Waals surface area contributed by atoms with Crippen LogP contribution >= 0.6 is 0 Å². The van der Waals surface area contributed by atoms with Gasteiger partial charge < -0.3 is 20.3 Å². The van der Waals surface area contributed by atoms with Gasteiger partial charge in [0.25, 0.3) is 0 Å². The van der Waals surface area contributed by atoms with E-state index in [9.17, 15) is 22.8 Å². The second-order valence-electron chi connectivity index (χ2n) is 7.11. The molecule has 1 fully saturated rings. The standard InChI is InChI=1S/C19H23F3N4O3/c1-12(2)24-18(28)26-7-3-4-13(10-26)17(27)25-15-5-6-16(14(8-15)9-23)29-11-19(20,21)22/h5-6,8,12-13H,3-4,7,10-11H2,1-2H3,(H,24,28)(H,25,27)/t13-/m0/s1. The lowest BCUT2D eigenvalue weighted by atomic mass is 9.97. The second kappa shape index (κ2) is 9.49. The normalized spacial score (nSPS) is 16.9. The highest BCUT2D eigenvalue weighted by molar-refractivity contribution is 5.93. The molecule has 1 heterocycles. The molecule has 2 N–H and O–H groups in total. The van der Waals surface area contributed by atoms with Crippen molar-refractivity contribution in [2.75, 3.05) is 25.0 Å². The minimum atomic E-state index is -4.52. The molecule has 0 bridgehead atoms. The van der Waals surface area contributed by atoms with Crippen molar-refractivity contribution >= 4 is 17.6 Å². The number of nitriles is 1. The van der Waals surface area contributed by atoms with E-state index in [4.69, 9.17) is 5.26 Å². The molecule has 29 heavy (non-hydrogen) atoms. The lowest BCUT2D eigenvalue weighted by Gasteiger charge is -2.32. The van der Waals surface area contributed by atoms with Crippen molar-refractivity contribution in [1.82, 2.24) is 10.2 Å². The Morgan fingerprint density at radius 1 is 1.38 bits per heavy atom. The third-order valence-electron chi connectivity index (χ3n) is 4.25. The van der Waals surface area contributed by atoms with E-state index in [1.54, 1.807) is 11.0 Å². The van der Waals surface area contributed by atoms with Gasteiger partial charge in [0.15, 0.2) is 6.61 Å². The quantitative estimate of drug-likeness (QED) is 0.776. The highest BCUT2D eigenvalue weighted by atomic mass is 19.4. The Hall–Kier alpha value is -2.96. The molecule has 1 aliphatic rings. The van der Waals surface area contributed by atoms with Crippen molar-refractivity contribution in [3.05, 3.63) is 23.8 Å². The van der Waals surface area contributed by atoms with Crippen molar-refractivity contribution in [3.8, 4) is 11.8 Å². The van der Waals surface area contributed by atoms with Gasteiger partial charge in [0, 0.05) is 24.8 Å². The van der Waals surface area contributed by atoms with Crippen molar-refractivity contribution in [2.45, 2.75) is 38.9 Å². The van der Waals surface area contributed by atoms with Gasteiger partial charge in [0.05, 0.1) is 11.5 Å². The van der Waals surface area contributed by atoms with Gasteiger partial charge >= 0.3 is 12.2 Å². The van der Waals surface area contributed by atoms with E-state index in [0.29, 0.717) is 19.4 Å². The zero-order valence-corrected chi connectivity index (χ0v) is 16.2. The first-order valence-corrected chi connectivity index (χ1v) is 9.19. The average Bonchev–Trinajstić information content (AvgIpc) is 2.65. The van der Waals surface area contributed by atoms with Crippen molar-refractivity contribution < 1.29 is 27.5 Å². The van der Waals surface area contributed by atoms with E-state index in [0.717, 1.165) is 0 Å². The van der Waals surface area contributed by atoms with E-state index in [1.807, 2.05) is 13.8 Å². The van der Waals surface area contributed by atoms with Crippen molar-refractivity contribution in [3.63, 3.8) is 0 Å². The van der Waals surface area contributed by atoms with Crippen LogP contribution in [0.2, 0.25) is 0 Å². The van der Waals surface area contributed by atoms with Gasteiger partial charge in [-0.05, 0) is 44.9 Å². The molecular weight excluding hydrogens is 389 g/mol. The zero-order chi connectivity index (χ0) is 21.6. The number of nitrogens with one attached hydrogen (secondary N) is 2. The maximum atomic E-state index is 12.6. The van der Waals surface area contributed by atoms with E-state index in [2.05, 4.69) is 15.4 Å². The van der Waals surface area contributed by atoms with Crippen LogP contribution in [0.25, 0.3) is 0 Å². The average molecular weight is 412 g/mol. The minimum Gasteiger partial charge on any atom is -0.483 e. The molecule has 0 aliphatic carbocycles. The number of halogens is 3. The Kier molecular flexibility index (Phi) is 7.31. The van der Waals surface area contributed by atoms with Crippen LogP contribution in [0.4, 0.5) is 23.7 Å². The van der Waals surface area contributed by atoms with Crippen LogP contribution in [0.15, 0.2) is 18.2 Å². The monoisotopic (exact) mass is 412 g/mol. The van der Waals surface area contributed by atoms with Crippen LogP contribution in [-0.4, -0.2) is 48.8 Å². The smallest absolute Gasteiger partial charge is 0.422 e. The first-order valence-electron chi connectivity index (χ1n) is 9.19. The largest absolute Gasteiger partial charge is 0.483 e. The molecule has 1 atom stereocenters. The van der Waals surface area contributed by atoms with E-state index < -0.39 is 18.7 Å². The summed E-state index contributed by atoms with van der Waals surface area (Å²) in [6, 6.07) is 5.36. The summed E-state index contributed by atoms with van der Waals surface area (Å²) in [6.07, 6.45) is -3.24. The molecule has 0 saturated carbocycles. The fourth-order valence-corrected chi connectivity index (χ4v) is 2.94. The van der Waals surface area contributed by atoms with Gasteiger partial charge in [-0.3, -0.25) is 4.79 Å². The molecular formula is C19H23F3N4O3. The summed E-state index contributed by atoms with van der Waals surface area (Å²) in [5.74, 6) is -0.953. The first kappa shape index (κ1) is 22.3. The molecule has 1 aromatic rings. The molecule has 1 aromatic carbocycles. The molecule has 10 heteroatoms. The predicted octanol–water partition coefficient (Wildman–Crippen LogP) is 3.27. The maximum absolute atomic E-state index is 12.6. The van der Waals surface area contributed by atoms with Gasteiger partial charge in [0.1, 0.15) is 11.8 Å². The number of carbonyl (C=O) groups excluding carboxylic acids is 2. The van der Waals surface area contributed by atoms with E-state index in [-0.39, 0.29) is 41.5 Å². The molecule has 0 spiro atoms. The Morgan fingerprint density at radius 3 is 2.72 bits per heavy atom. The molecule has 2 rings (SSSR count). The van der Waals surface area contributed by atoms with Gasteiger partial charge in [-0.2, -0.15) is 18.4 Å². The number of carbonyl (C=O) groups is 2. The Bertz CT molecular complexity index is 790. The fourth-order valence-electron chi connectivity index (χ4n) is 2.94. The van der Waals surface area contributed by atoms with Crippen LogP contribution < -0.4 is 15.4 Å². The van der Waals surface area contributed by atoms with Gasteiger partial charge in [-0.15, -0.1) is 0 Å². The predicted molar refractivity (Wildman–Crippen MR) is 99.3 cm³/mol. The summed E-state index contributed by atoms with van der Waals surface area (Å²) in [5, 5.41) is 14.6. The lowest BCUT2D eigenvalue weighted by molar-refractivity contribution is -0.153. The number of benzene rings is 1. The molecule has 3 amide bonds. The number of ether oxygens (including phenoxy) is 1.